The second-order valence-corrected chi connectivity index (χ2v) is 4.26. The lowest BCUT2D eigenvalue weighted by Crippen LogP contribution is -1.98. The number of nitrogens with two attached hydrogens (primary N) is 1. The number of nitrogen functional groups attached to an aromatic ring is 1. The Kier molecular flexibility index (Phi) is 6.56. The lowest BCUT2D eigenvalue weighted by molar-refractivity contribution is 1.16. The third-order valence-electron chi connectivity index (χ3n) is 2.76. The van der Waals surface area contributed by atoms with Crippen LogP contribution in [0.2, 0.25) is 0 Å². The van der Waals surface area contributed by atoms with Gasteiger partial charge in [-0.3, -0.25) is 4.98 Å². The Labute approximate surface area is 140 Å². The summed E-state index contributed by atoms with van der Waals surface area (Å²) in [7, 11) is 0. The number of aromatic nitrogens is 3. The van der Waals surface area contributed by atoms with Crippen molar-refractivity contribution < 1.29 is 0 Å². The largest absolute Gasteiger partial charge is 0.399 e. The maximum Gasteiger partial charge on any atom is 0.227 e. The minimum atomic E-state index is 0. The molecule has 3 aromatic rings. The maximum atomic E-state index is 5.74. The van der Waals surface area contributed by atoms with Crippen molar-refractivity contribution in [2.45, 2.75) is 0 Å². The number of pyridine rings is 1. The number of halogens is 2. The smallest absolute Gasteiger partial charge is 0.227 e. The summed E-state index contributed by atoms with van der Waals surface area (Å²) in [5, 5.41) is 3.13. The van der Waals surface area contributed by atoms with Crippen LogP contribution < -0.4 is 11.1 Å². The molecule has 1 aromatic carbocycles. The maximum absolute atomic E-state index is 5.74. The number of hydrogen-bond donors (Lipinski definition) is 2. The Balaban J connectivity index is 0.00000121. The molecule has 3 N–H and O–H groups in total. The Morgan fingerprint density at radius 3 is 2.55 bits per heavy atom. The monoisotopic (exact) mass is 335 g/mol. The van der Waals surface area contributed by atoms with E-state index < -0.39 is 0 Å². The zero-order chi connectivity index (χ0) is 13.8. The molecule has 5 nitrogen and oxygen atoms in total. The molecule has 22 heavy (non-hydrogen) atoms. The summed E-state index contributed by atoms with van der Waals surface area (Å²) in [6, 6.07) is 13.1. The molecule has 0 radical (unpaired) electrons. The van der Waals surface area contributed by atoms with Gasteiger partial charge in [-0.05, 0) is 36.4 Å². The van der Waals surface area contributed by atoms with Crippen LogP contribution in [0.4, 0.5) is 17.3 Å². The van der Waals surface area contributed by atoms with Crippen LogP contribution >= 0.6 is 24.8 Å². The van der Waals surface area contributed by atoms with Crippen molar-refractivity contribution in [2.24, 2.45) is 0 Å². The van der Waals surface area contributed by atoms with Gasteiger partial charge in [0.25, 0.3) is 0 Å². The molecule has 114 valence electrons. The van der Waals surface area contributed by atoms with Crippen molar-refractivity contribution in [3.63, 3.8) is 0 Å². The molecule has 0 aliphatic carbocycles. The molecule has 7 heteroatoms. The molecule has 0 saturated heterocycles. The van der Waals surface area contributed by atoms with Crippen molar-refractivity contribution in [2.75, 3.05) is 11.1 Å². The average Bonchev–Trinajstić information content (AvgIpc) is 2.48. The molecule has 0 bridgehead atoms. The van der Waals surface area contributed by atoms with Crippen molar-refractivity contribution >= 4 is 42.1 Å². The molecule has 3 rings (SSSR count). The summed E-state index contributed by atoms with van der Waals surface area (Å²) in [5.74, 6) is 0.525. The molecule has 0 saturated carbocycles. The van der Waals surface area contributed by atoms with Gasteiger partial charge in [0.15, 0.2) is 0 Å². The summed E-state index contributed by atoms with van der Waals surface area (Å²) in [6.07, 6.45) is 5.22. The van der Waals surface area contributed by atoms with E-state index in [1.54, 1.807) is 18.6 Å². The zero-order valence-corrected chi connectivity index (χ0v) is 13.1. The van der Waals surface area contributed by atoms with Gasteiger partial charge in [-0.25, -0.2) is 9.97 Å². The van der Waals surface area contributed by atoms with E-state index in [0.29, 0.717) is 11.6 Å². The minimum absolute atomic E-state index is 0. The van der Waals surface area contributed by atoms with Crippen LogP contribution in [-0.4, -0.2) is 15.0 Å². The molecule has 0 unspecified atom stereocenters. The highest BCUT2D eigenvalue weighted by Crippen LogP contribution is 2.19. The van der Waals surface area contributed by atoms with Gasteiger partial charge in [0.1, 0.15) is 0 Å². The van der Waals surface area contributed by atoms with Crippen LogP contribution in [0.15, 0.2) is 61.1 Å². The summed E-state index contributed by atoms with van der Waals surface area (Å²) in [5.41, 5.74) is 9.06. The summed E-state index contributed by atoms with van der Waals surface area (Å²) < 4.78 is 0. The van der Waals surface area contributed by atoms with Gasteiger partial charge in [-0.1, -0.05) is 6.07 Å². The van der Waals surface area contributed by atoms with E-state index in [1.807, 2.05) is 42.5 Å². The molecular formula is C15H15Cl2N5. The fourth-order valence-corrected chi connectivity index (χ4v) is 1.84. The quantitative estimate of drug-likeness (QED) is 0.713. The van der Waals surface area contributed by atoms with Crippen LogP contribution in [0.25, 0.3) is 11.3 Å². The van der Waals surface area contributed by atoms with Gasteiger partial charge in [0.2, 0.25) is 5.95 Å². The number of anilines is 3. The standard InChI is InChI=1S/C15H13N5.2ClH/c16-12-4-1-5-13(9-12)19-15-18-8-6-14(20-15)11-3-2-7-17-10-11;;/h1-10H,16H2,(H,18,19,20);2*1H. The highest BCUT2D eigenvalue weighted by atomic mass is 35.5. The first-order valence-corrected chi connectivity index (χ1v) is 6.17. The lowest BCUT2D eigenvalue weighted by Gasteiger charge is -2.07. The van der Waals surface area contributed by atoms with Crippen LogP contribution in [0.1, 0.15) is 0 Å². The van der Waals surface area contributed by atoms with E-state index in [4.69, 9.17) is 5.73 Å². The second kappa shape index (κ2) is 8.17. The van der Waals surface area contributed by atoms with Gasteiger partial charge in [-0.2, -0.15) is 0 Å². The predicted octanol–water partition coefficient (Wildman–Crippen LogP) is 3.71. The van der Waals surface area contributed by atoms with E-state index in [2.05, 4.69) is 20.3 Å². The molecule has 0 aliphatic heterocycles. The molecule has 0 amide bonds. The highest BCUT2D eigenvalue weighted by Gasteiger charge is 2.02. The summed E-state index contributed by atoms with van der Waals surface area (Å²) in [6.45, 7) is 0. The molecule has 2 heterocycles. The minimum Gasteiger partial charge on any atom is -0.399 e. The van der Waals surface area contributed by atoms with E-state index in [-0.39, 0.29) is 24.8 Å². The first-order valence-electron chi connectivity index (χ1n) is 6.17. The first-order chi connectivity index (χ1) is 9.81. The van der Waals surface area contributed by atoms with E-state index in [0.717, 1.165) is 16.9 Å². The lowest BCUT2D eigenvalue weighted by atomic mass is 10.2. The predicted molar refractivity (Wildman–Crippen MR) is 93.9 cm³/mol. The fourth-order valence-electron chi connectivity index (χ4n) is 1.84. The Hall–Kier alpha value is -2.37. The van der Waals surface area contributed by atoms with Crippen molar-refractivity contribution in [3.05, 3.63) is 61.1 Å². The molecular weight excluding hydrogens is 321 g/mol. The Bertz CT molecular complexity index is 722. The average molecular weight is 336 g/mol. The number of rotatable bonds is 3. The fraction of sp³-hybridized carbons (Fsp3) is 0. The number of benzene rings is 1. The topological polar surface area (TPSA) is 76.7 Å². The molecule has 0 spiro atoms. The summed E-state index contributed by atoms with van der Waals surface area (Å²) >= 11 is 0. The van der Waals surface area contributed by atoms with Crippen molar-refractivity contribution in [1.29, 1.82) is 0 Å². The molecule has 0 atom stereocenters. The van der Waals surface area contributed by atoms with Gasteiger partial charge >= 0.3 is 0 Å². The van der Waals surface area contributed by atoms with Gasteiger partial charge in [0, 0.05) is 35.5 Å². The van der Waals surface area contributed by atoms with Gasteiger partial charge in [0.05, 0.1) is 5.69 Å². The van der Waals surface area contributed by atoms with Crippen molar-refractivity contribution in [3.8, 4) is 11.3 Å². The van der Waals surface area contributed by atoms with E-state index in [1.165, 1.54) is 0 Å². The number of hydrogen-bond acceptors (Lipinski definition) is 5. The van der Waals surface area contributed by atoms with E-state index >= 15 is 0 Å². The molecule has 0 aliphatic rings. The number of nitrogens with one attached hydrogen (secondary N) is 1. The normalized spacial score (nSPS) is 9.27. The van der Waals surface area contributed by atoms with Crippen LogP contribution in [0.3, 0.4) is 0 Å². The first kappa shape index (κ1) is 17.7. The van der Waals surface area contributed by atoms with Crippen LogP contribution in [-0.2, 0) is 0 Å². The Morgan fingerprint density at radius 2 is 1.82 bits per heavy atom. The van der Waals surface area contributed by atoms with Crippen LogP contribution in [0, 0.1) is 0 Å². The Morgan fingerprint density at radius 1 is 0.955 bits per heavy atom. The highest BCUT2D eigenvalue weighted by molar-refractivity contribution is 5.85. The summed E-state index contributed by atoms with van der Waals surface area (Å²) in [4.78, 5) is 12.8. The van der Waals surface area contributed by atoms with Crippen molar-refractivity contribution in [1.82, 2.24) is 15.0 Å². The van der Waals surface area contributed by atoms with Gasteiger partial charge < -0.3 is 11.1 Å². The third-order valence-corrected chi connectivity index (χ3v) is 2.76. The SMILES string of the molecule is Cl.Cl.Nc1cccc(Nc2nccc(-c3cccnc3)n2)c1. The van der Waals surface area contributed by atoms with Crippen LogP contribution in [0.5, 0.6) is 0 Å². The zero-order valence-electron chi connectivity index (χ0n) is 11.5. The third kappa shape index (κ3) is 4.31. The molecule has 0 fully saturated rings. The second-order valence-electron chi connectivity index (χ2n) is 4.26. The van der Waals surface area contributed by atoms with Gasteiger partial charge in [-0.15, -0.1) is 24.8 Å². The molecule has 2 aromatic heterocycles. The number of nitrogens with zero attached hydrogens (tertiary/aromatic N) is 3. The van der Waals surface area contributed by atoms with E-state index in [9.17, 15) is 0 Å².